The average molecular weight is 566 g/mol. The number of carbonyl (C=O) groups excluding carboxylic acids is 2. The van der Waals surface area contributed by atoms with Gasteiger partial charge in [-0.25, -0.2) is 8.42 Å². The highest BCUT2D eigenvalue weighted by Gasteiger charge is 2.34. The van der Waals surface area contributed by atoms with Gasteiger partial charge in [0.2, 0.25) is 11.8 Å². The van der Waals surface area contributed by atoms with Crippen molar-refractivity contribution in [2.24, 2.45) is 0 Å². The Morgan fingerprint density at radius 3 is 2.23 bits per heavy atom. The lowest BCUT2D eigenvalue weighted by molar-refractivity contribution is -0.141. The summed E-state index contributed by atoms with van der Waals surface area (Å²) in [6.45, 7) is 9.06. The van der Waals surface area contributed by atoms with Crippen LogP contribution in [0.1, 0.15) is 45.2 Å². The van der Waals surface area contributed by atoms with E-state index in [0.717, 1.165) is 15.4 Å². The first kappa shape index (κ1) is 30.7. The summed E-state index contributed by atoms with van der Waals surface area (Å²) < 4.78 is 34.2. The molecular formula is C31H39N3O5S. The van der Waals surface area contributed by atoms with Crippen LogP contribution in [0.3, 0.4) is 0 Å². The molecule has 3 rings (SSSR count). The number of ether oxygens (including phenoxy) is 1. The van der Waals surface area contributed by atoms with Crippen LogP contribution in [0, 0.1) is 6.92 Å². The van der Waals surface area contributed by atoms with Crippen molar-refractivity contribution in [3.8, 4) is 5.75 Å². The smallest absolute Gasteiger partial charge is 0.264 e. The molecule has 0 heterocycles. The maximum Gasteiger partial charge on any atom is 0.264 e. The van der Waals surface area contributed by atoms with Gasteiger partial charge in [-0.15, -0.1) is 0 Å². The van der Waals surface area contributed by atoms with E-state index in [1.54, 1.807) is 42.5 Å². The van der Waals surface area contributed by atoms with E-state index >= 15 is 0 Å². The number of nitrogens with zero attached hydrogens (tertiary/aromatic N) is 2. The molecule has 0 bridgehead atoms. The van der Waals surface area contributed by atoms with Gasteiger partial charge in [0, 0.05) is 18.2 Å². The zero-order chi connectivity index (χ0) is 29.5. The molecule has 1 unspecified atom stereocenters. The van der Waals surface area contributed by atoms with Crippen molar-refractivity contribution >= 4 is 27.5 Å². The normalized spacial score (nSPS) is 12.3. The number of carbonyl (C=O) groups is 2. The molecule has 0 aliphatic carbocycles. The predicted molar refractivity (Wildman–Crippen MR) is 158 cm³/mol. The van der Waals surface area contributed by atoms with E-state index in [0.29, 0.717) is 12.2 Å². The summed E-state index contributed by atoms with van der Waals surface area (Å²) in [7, 11) is -2.65. The van der Waals surface area contributed by atoms with Crippen LogP contribution in [0.5, 0.6) is 5.75 Å². The molecule has 0 radical (unpaired) electrons. The Hall–Kier alpha value is -3.85. The first-order valence-corrected chi connectivity index (χ1v) is 14.7. The summed E-state index contributed by atoms with van der Waals surface area (Å²) in [5.74, 6) is -0.347. The lowest BCUT2D eigenvalue weighted by Crippen LogP contribution is -2.55. The molecule has 3 aromatic carbocycles. The zero-order valence-electron chi connectivity index (χ0n) is 24.0. The van der Waals surface area contributed by atoms with Gasteiger partial charge in [-0.2, -0.15) is 0 Å². The third-order valence-corrected chi connectivity index (χ3v) is 8.06. The number of nitrogens with one attached hydrogen (secondary N) is 1. The van der Waals surface area contributed by atoms with Crippen LogP contribution < -0.4 is 14.4 Å². The lowest BCUT2D eigenvalue weighted by atomic mass is 10.0. The van der Waals surface area contributed by atoms with Crippen molar-refractivity contribution in [1.29, 1.82) is 0 Å². The summed E-state index contributed by atoms with van der Waals surface area (Å²) in [6.07, 6.45) is 0.351. The van der Waals surface area contributed by atoms with Crippen LogP contribution >= 0.6 is 0 Å². The number of sulfonamides is 1. The van der Waals surface area contributed by atoms with Crippen molar-refractivity contribution in [3.63, 3.8) is 0 Å². The summed E-state index contributed by atoms with van der Waals surface area (Å²) in [4.78, 5) is 29.1. The topological polar surface area (TPSA) is 96.0 Å². The third-order valence-electron chi connectivity index (χ3n) is 6.27. The largest absolute Gasteiger partial charge is 0.497 e. The van der Waals surface area contributed by atoms with E-state index < -0.39 is 34.1 Å². The maximum absolute atomic E-state index is 14.1. The van der Waals surface area contributed by atoms with Gasteiger partial charge in [-0.05, 0) is 63.9 Å². The zero-order valence-corrected chi connectivity index (χ0v) is 24.9. The fourth-order valence-corrected chi connectivity index (χ4v) is 5.82. The lowest BCUT2D eigenvalue weighted by Gasteiger charge is -2.35. The van der Waals surface area contributed by atoms with E-state index in [9.17, 15) is 18.0 Å². The van der Waals surface area contributed by atoms with Crippen LogP contribution in [0.25, 0.3) is 0 Å². The van der Waals surface area contributed by atoms with Crippen molar-refractivity contribution in [2.75, 3.05) is 18.0 Å². The number of hydrogen-bond acceptors (Lipinski definition) is 5. The van der Waals surface area contributed by atoms with Crippen molar-refractivity contribution in [2.45, 2.75) is 64.1 Å². The van der Waals surface area contributed by atoms with Crippen LogP contribution in [0.4, 0.5) is 5.69 Å². The molecule has 9 heteroatoms. The van der Waals surface area contributed by atoms with Gasteiger partial charge in [0.25, 0.3) is 10.0 Å². The molecule has 1 atom stereocenters. The standard InChI is InChI=1S/C31H39N3O5S/c1-7-28(30(36)32-31(3,4)5)33(21-24-14-11-13-23(2)19-24)29(35)22-34(25-15-12-16-26(20-25)39-6)40(37,38)27-17-9-8-10-18-27/h8-20,28H,7,21-22H2,1-6H3,(H,32,36). The fraction of sp³-hybridized carbons (Fsp3) is 0.355. The first-order chi connectivity index (χ1) is 18.9. The highest BCUT2D eigenvalue weighted by molar-refractivity contribution is 7.92. The first-order valence-electron chi connectivity index (χ1n) is 13.2. The molecule has 40 heavy (non-hydrogen) atoms. The number of hydrogen-bond donors (Lipinski definition) is 1. The van der Waals surface area contributed by atoms with E-state index in [-0.39, 0.29) is 23.0 Å². The van der Waals surface area contributed by atoms with Gasteiger partial charge in [-0.3, -0.25) is 13.9 Å². The number of rotatable bonds is 11. The second kappa shape index (κ2) is 13.0. The number of methoxy groups -OCH3 is 1. The third kappa shape index (κ3) is 7.85. The van der Waals surface area contributed by atoms with Gasteiger partial charge in [0.15, 0.2) is 0 Å². The van der Waals surface area contributed by atoms with E-state index in [1.807, 2.05) is 58.9 Å². The maximum atomic E-state index is 14.1. The van der Waals surface area contributed by atoms with Crippen LogP contribution in [-0.2, 0) is 26.2 Å². The van der Waals surface area contributed by atoms with E-state index in [1.165, 1.54) is 24.1 Å². The van der Waals surface area contributed by atoms with Crippen LogP contribution in [0.2, 0.25) is 0 Å². The second-order valence-corrected chi connectivity index (χ2v) is 12.6. The minimum absolute atomic E-state index is 0.0494. The van der Waals surface area contributed by atoms with Crippen molar-refractivity contribution < 1.29 is 22.7 Å². The molecule has 0 fully saturated rings. The van der Waals surface area contributed by atoms with Gasteiger partial charge < -0.3 is 15.0 Å². The van der Waals surface area contributed by atoms with Gasteiger partial charge >= 0.3 is 0 Å². The van der Waals surface area contributed by atoms with Gasteiger partial charge in [-0.1, -0.05) is 61.0 Å². The summed E-state index contributed by atoms with van der Waals surface area (Å²) in [5.41, 5.74) is 1.63. The number of amides is 2. The Balaban J connectivity index is 2.08. The Kier molecular flexibility index (Phi) is 9.98. The van der Waals surface area contributed by atoms with Crippen LogP contribution in [-0.4, -0.2) is 50.4 Å². The average Bonchev–Trinajstić information content (AvgIpc) is 2.91. The van der Waals surface area contributed by atoms with Crippen LogP contribution in [0.15, 0.2) is 83.8 Å². The highest BCUT2D eigenvalue weighted by Crippen LogP contribution is 2.28. The van der Waals surface area contributed by atoms with E-state index in [4.69, 9.17) is 4.74 Å². The Morgan fingerprint density at radius 2 is 1.62 bits per heavy atom. The second-order valence-electron chi connectivity index (χ2n) is 10.7. The fourth-order valence-electron chi connectivity index (χ4n) is 4.39. The molecule has 0 spiro atoms. The highest BCUT2D eigenvalue weighted by atomic mass is 32.2. The Bertz CT molecular complexity index is 1420. The molecular weight excluding hydrogens is 526 g/mol. The number of aryl methyl sites for hydroxylation is 1. The summed E-state index contributed by atoms with van der Waals surface area (Å²) >= 11 is 0. The van der Waals surface area contributed by atoms with Gasteiger partial charge in [0.1, 0.15) is 18.3 Å². The Morgan fingerprint density at radius 1 is 0.950 bits per heavy atom. The van der Waals surface area contributed by atoms with Crippen molar-refractivity contribution in [3.05, 3.63) is 90.0 Å². The molecule has 8 nitrogen and oxygen atoms in total. The quantitative estimate of drug-likeness (QED) is 0.356. The van der Waals surface area contributed by atoms with E-state index in [2.05, 4.69) is 5.32 Å². The SMILES string of the molecule is CCC(C(=O)NC(C)(C)C)N(Cc1cccc(C)c1)C(=O)CN(c1cccc(OC)c1)S(=O)(=O)c1ccccc1. The predicted octanol–water partition coefficient (Wildman–Crippen LogP) is 4.92. The minimum atomic E-state index is -4.14. The van der Waals surface area contributed by atoms with Crippen molar-refractivity contribution in [1.82, 2.24) is 10.2 Å². The molecule has 214 valence electrons. The molecule has 0 aliphatic heterocycles. The number of anilines is 1. The monoisotopic (exact) mass is 565 g/mol. The molecule has 0 aliphatic rings. The summed E-state index contributed by atoms with van der Waals surface area (Å²) in [6, 6.07) is 21.4. The summed E-state index contributed by atoms with van der Waals surface area (Å²) in [5, 5.41) is 2.98. The molecule has 2 amide bonds. The molecule has 0 saturated carbocycles. The Labute approximate surface area is 238 Å². The minimum Gasteiger partial charge on any atom is -0.497 e. The molecule has 0 saturated heterocycles. The number of benzene rings is 3. The van der Waals surface area contributed by atoms with Gasteiger partial charge in [0.05, 0.1) is 17.7 Å². The molecule has 3 aromatic rings. The molecule has 0 aromatic heterocycles. The molecule has 1 N–H and O–H groups in total.